The van der Waals surface area contributed by atoms with Crippen LogP contribution in [0.25, 0.3) is 0 Å². The molecule has 12 unspecified atom stereocenters. The molecule has 5 fully saturated rings. The van der Waals surface area contributed by atoms with Crippen LogP contribution >= 0.6 is 0 Å². The lowest BCUT2D eigenvalue weighted by Gasteiger charge is -2.54. The van der Waals surface area contributed by atoms with Gasteiger partial charge in [0.05, 0.1) is 36.6 Å². The van der Waals surface area contributed by atoms with E-state index in [1.54, 1.807) is 13.0 Å². The summed E-state index contributed by atoms with van der Waals surface area (Å²) in [6, 6.07) is 0. The van der Waals surface area contributed by atoms with Crippen LogP contribution in [0.5, 0.6) is 0 Å². The molecular weight excluding hydrogens is 556 g/mol. The van der Waals surface area contributed by atoms with Crippen LogP contribution in [0.15, 0.2) is 23.5 Å². The summed E-state index contributed by atoms with van der Waals surface area (Å²) in [5.41, 5.74) is 4.59. The van der Waals surface area contributed by atoms with E-state index in [9.17, 15) is 35.1 Å². The highest BCUT2D eigenvalue weighted by Gasteiger charge is 2.61. The normalized spacial score (nSPS) is 46.5. The van der Waals surface area contributed by atoms with Gasteiger partial charge in [-0.3, -0.25) is 9.59 Å². The van der Waals surface area contributed by atoms with Gasteiger partial charge in [-0.2, -0.15) is 0 Å². The Kier molecular flexibility index (Phi) is 8.66. The van der Waals surface area contributed by atoms with Gasteiger partial charge in [-0.15, -0.1) is 0 Å². The molecule has 0 spiro atoms. The van der Waals surface area contributed by atoms with E-state index in [0.717, 1.165) is 50.6 Å². The fraction of sp³-hybridized carbons (Fsp3) is 0.812. The third-order valence-electron chi connectivity index (χ3n) is 11.6. The number of fused-ring (bicyclic) bond motifs is 2. The highest BCUT2D eigenvalue weighted by molar-refractivity contribution is 6.02. The number of carbonyl (C=O) groups excluding carboxylic acids is 2. The summed E-state index contributed by atoms with van der Waals surface area (Å²) >= 11 is 0. The minimum atomic E-state index is -2.05. The largest absolute Gasteiger partial charge is 0.512 e. The second kappa shape index (κ2) is 11.9. The van der Waals surface area contributed by atoms with E-state index in [1.165, 1.54) is 6.08 Å². The zero-order chi connectivity index (χ0) is 30.7. The molecule has 0 radical (unpaired) electrons. The minimum Gasteiger partial charge on any atom is -0.512 e. The van der Waals surface area contributed by atoms with Crippen molar-refractivity contribution in [3.63, 3.8) is 0 Å². The first-order valence-electron chi connectivity index (χ1n) is 16.1. The lowest BCUT2D eigenvalue weighted by atomic mass is 9.59. The van der Waals surface area contributed by atoms with Gasteiger partial charge in [0.1, 0.15) is 35.5 Å². The fourth-order valence-electron chi connectivity index (χ4n) is 9.53. The Balaban J connectivity index is 1.26. The summed E-state index contributed by atoms with van der Waals surface area (Å²) in [7, 11) is 0. The van der Waals surface area contributed by atoms with Crippen molar-refractivity contribution >= 4 is 11.6 Å². The van der Waals surface area contributed by atoms with E-state index in [0.29, 0.717) is 19.3 Å². The molecule has 3 saturated carbocycles. The zero-order valence-corrected chi connectivity index (χ0v) is 24.9. The standard InChI is InChI=1S/C32H48N2O9/c1-16-11-19-24(20(36)12-16)27(38)25-18(26(19)37)5-4-6-21(25)42-30-29(40)32(41,28(39)22(14-35)43-30)15-31(8-2-3-9-31)17-7-10-34-23(33)13-17/h11-12,17-19,21-25,28-30,34-36,39-41H,2-10,13-15,33H2,1H3. The lowest BCUT2D eigenvalue weighted by molar-refractivity contribution is -0.350. The van der Waals surface area contributed by atoms with E-state index in [2.05, 4.69) is 5.32 Å². The van der Waals surface area contributed by atoms with Crippen molar-refractivity contribution in [2.75, 3.05) is 13.2 Å². The van der Waals surface area contributed by atoms with Crippen molar-refractivity contribution in [2.45, 2.75) is 114 Å². The van der Waals surface area contributed by atoms with Gasteiger partial charge in [-0.1, -0.05) is 30.9 Å². The molecule has 240 valence electrons. The fourth-order valence-corrected chi connectivity index (χ4v) is 9.53. The van der Waals surface area contributed by atoms with Gasteiger partial charge in [0, 0.05) is 5.92 Å². The van der Waals surface area contributed by atoms with Crippen molar-refractivity contribution in [1.82, 2.24) is 5.32 Å². The predicted octanol–water partition coefficient (Wildman–Crippen LogP) is 0.979. The molecule has 0 bridgehead atoms. The van der Waals surface area contributed by atoms with Crippen molar-refractivity contribution < 1.29 is 44.6 Å². The number of piperidine rings is 1. The minimum absolute atomic E-state index is 0.0989. The van der Waals surface area contributed by atoms with Crippen LogP contribution in [-0.4, -0.2) is 92.7 Å². The highest BCUT2D eigenvalue weighted by Crippen LogP contribution is 2.55. The number of allylic oxidation sites excluding steroid dienone is 4. The number of hydrogen-bond acceptors (Lipinski definition) is 11. The average molecular weight is 605 g/mol. The van der Waals surface area contributed by atoms with E-state index in [1.807, 2.05) is 0 Å². The van der Waals surface area contributed by atoms with Crippen LogP contribution in [0.2, 0.25) is 0 Å². The molecule has 6 aliphatic rings. The van der Waals surface area contributed by atoms with Crippen LogP contribution in [0.1, 0.15) is 71.1 Å². The molecule has 8 N–H and O–H groups in total. The van der Waals surface area contributed by atoms with E-state index < -0.39 is 66.6 Å². The summed E-state index contributed by atoms with van der Waals surface area (Å²) < 4.78 is 12.2. The average Bonchev–Trinajstić information content (AvgIpc) is 3.45. The molecule has 2 heterocycles. The predicted molar refractivity (Wildman–Crippen MR) is 154 cm³/mol. The Morgan fingerprint density at radius 1 is 1.09 bits per heavy atom. The number of rotatable bonds is 6. The van der Waals surface area contributed by atoms with E-state index in [-0.39, 0.29) is 41.2 Å². The molecule has 4 aliphatic carbocycles. The first-order valence-corrected chi connectivity index (χ1v) is 16.1. The summed E-state index contributed by atoms with van der Waals surface area (Å²) in [6.45, 7) is 1.93. The number of nitrogens with two attached hydrogens (primary N) is 1. The Morgan fingerprint density at radius 2 is 1.84 bits per heavy atom. The highest BCUT2D eigenvalue weighted by atomic mass is 16.7. The van der Waals surface area contributed by atoms with Gasteiger partial charge in [-0.05, 0) is 75.8 Å². The third-order valence-corrected chi connectivity index (χ3v) is 11.6. The van der Waals surface area contributed by atoms with Gasteiger partial charge < -0.3 is 46.1 Å². The van der Waals surface area contributed by atoms with Crippen LogP contribution in [0.4, 0.5) is 0 Å². The smallest absolute Gasteiger partial charge is 0.187 e. The van der Waals surface area contributed by atoms with E-state index in [4.69, 9.17) is 15.2 Å². The molecule has 2 aliphatic heterocycles. The molecule has 12 atom stereocenters. The Hall–Kier alpha value is -1.70. The maximum Gasteiger partial charge on any atom is 0.187 e. The number of ketones is 2. The summed E-state index contributed by atoms with van der Waals surface area (Å²) in [5.74, 6) is -3.43. The quantitative estimate of drug-likeness (QED) is 0.229. The number of hydrogen-bond donors (Lipinski definition) is 7. The molecule has 0 aromatic carbocycles. The van der Waals surface area contributed by atoms with Crippen molar-refractivity contribution in [1.29, 1.82) is 0 Å². The van der Waals surface area contributed by atoms with Crippen LogP contribution in [-0.2, 0) is 19.1 Å². The zero-order valence-electron chi connectivity index (χ0n) is 24.9. The summed E-state index contributed by atoms with van der Waals surface area (Å²) in [5, 5.41) is 59.4. The molecule has 11 heteroatoms. The van der Waals surface area contributed by atoms with Crippen molar-refractivity contribution in [3.8, 4) is 0 Å². The van der Waals surface area contributed by atoms with Crippen LogP contribution < -0.4 is 11.1 Å². The van der Waals surface area contributed by atoms with Crippen molar-refractivity contribution in [2.24, 2.45) is 40.7 Å². The monoisotopic (exact) mass is 604 g/mol. The summed E-state index contributed by atoms with van der Waals surface area (Å²) in [4.78, 5) is 27.4. The topological polar surface area (TPSA) is 192 Å². The number of aliphatic hydroxyl groups excluding tert-OH is 4. The maximum atomic E-state index is 13.9. The lowest BCUT2D eigenvalue weighted by Crippen LogP contribution is -2.69. The first kappa shape index (κ1) is 31.3. The number of carbonyl (C=O) groups is 2. The van der Waals surface area contributed by atoms with Crippen molar-refractivity contribution in [3.05, 3.63) is 23.5 Å². The molecule has 0 amide bonds. The molecule has 0 aromatic heterocycles. The summed E-state index contributed by atoms with van der Waals surface area (Å²) in [6.07, 6.45) is 3.24. The molecule has 6 rings (SSSR count). The Morgan fingerprint density at radius 3 is 2.53 bits per heavy atom. The molecule has 2 saturated heterocycles. The number of Topliss-reactive ketones (excluding diaryl/α,β-unsaturated/α-hetero) is 2. The van der Waals surface area contributed by atoms with Gasteiger partial charge >= 0.3 is 0 Å². The Bertz CT molecular complexity index is 1150. The van der Waals surface area contributed by atoms with Gasteiger partial charge in [0.15, 0.2) is 12.1 Å². The molecule has 43 heavy (non-hydrogen) atoms. The molecule has 0 aromatic rings. The Labute approximate surface area is 252 Å². The maximum absolute atomic E-state index is 13.9. The SMILES string of the molecule is CC1=CC2C(=O)C3CCCC(OC4OC(CO)C(O)C(O)(CC5(C6CCNC(N)C6)CCCC5)C4O)C3C(=O)C2C(O)=C1. The first-order chi connectivity index (χ1) is 20.5. The number of ether oxygens (including phenoxy) is 2. The third kappa shape index (κ3) is 5.33. The molecule has 11 nitrogen and oxygen atoms in total. The van der Waals surface area contributed by atoms with Gasteiger partial charge in [0.25, 0.3) is 0 Å². The second-order valence-electron chi connectivity index (χ2n) is 14.2. The molecular formula is C32H48N2O9. The van der Waals surface area contributed by atoms with Gasteiger partial charge in [0.2, 0.25) is 0 Å². The van der Waals surface area contributed by atoms with E-state index >= 15 is 0 Å². The number of nitrogens with one attached hydrogen (secondary N) is 1. The van der Waals surface area contributed by atoms with Gasteiger partial charge in [-0.25, -0.2) is 0 Å². The number of aliphatic hydroxyl groups is 5. The van der Waals surface area contributed by atoms with Crippen LogP contribution in [0, 0.1) is 35.0 Å². The van der Waals surface area contributed by atoms with Crippen LogP contribution in [0.3, 0.4) is 0 Å². The second-order valence-corrected chi connectivity index (χ2v) is 14.2.